The SMILES string of the molecule is C#CCN(C/C=C/c1ccccc1SCC)C(=O)CNC(=O)OC(C)(C)C. The van der Waals surface area contributed by atoms with Gasteiger partial charge in [-0.15, -0.1) is 18.2 Å². The van der Waals surface area contributed by atoms with Gasteiger partial charge in [0.1, 0.15) is 12.1 Å². The van der Waals surface area contributed by atoms with Gasteiger partial charge >= 0.3 is 6.09 Å². The molecular weight excluding hydrogens is 360 g/mol. The molecule has 1 aromatic carbocycles. The van der Waals surface area contributed by atoms with Gasteiger partial charge in [0, 0.05) is 11.4 Å². The Morgan fingerprint density at radius 2 is 2.04 bits per heavy atom. The van der Waals surface area contributed by atoms with Crippen LogP contribution in [0.25, 0.3) is 6.08 Å². The van der Waals surface area contributed by atoms with E-state index in [4.69, 9.17) is 11.2 Å². The van der Waals surface area contributed by atoms with E-state index >= 15 is 0 Å². The number of ether oxygens (including phenoxy) is 1. The zero-order valence-electron chi connectivity index (χ0n) is 16.5. The molecule has 2 amide bonds. The van der Waals surface area contributed by atoms with Gasteiger partial charge < -0.3 is 15.0 Å². The van der Waals surface area contributed by atoms with Crippen molar-refractivity contribution in [3.8, 4) is 12.3 Å². The van der Waals surface area contributed by atoms with Crippen LogP contribution in [-0.4, -0.2) is 47.9 Å². The highest BCUT2D eigenvalue weighted by Crippen LogP contribution is 2.23. The fraction of sp³-hybridized carbons (Fsp3) is 0.429. The number of carbonyl (C=O) groups is 2. The Hall–Kier alpha value is -2.39. The number of benzene rings is 1. The Morgan fingerprint density at radius 3 is 2.67 bits per heavy atom. The molecule has 1 rings (SSSR count). The minimum Gasteiger partial charge on any atom is -0.444 e. The van der Waals surface area contributed by atoms with Crippen LogP contribution in [0.4, 0.5) is 4.79 Å². The quantitative estimate of drug-likeness (QED) is 0.544. The molecule has 0 radical (unpaired) electrons. The van der Waals surface area contributed by atoms with E-state index in [9.17, 15) is 9.59 Å². The van der Waals surface area contributed by atoms with Crippen LogP contribution < -0.4 is 5.32 Å². The lowest BCUT2D eigenvalue weighted by Gasteiger charge is -2.21. The first kappa shape index (κ1) is 22.7. The maximum absolute atomic E-state index is 12.3. The summed E-state index contributed by atoms with van der Waals surface area (Å²) in [5, 5.41) is 2.46. The van der Waals surface area contributed by atoms with Crippen molar-refractivity contribution in [2.75, 3.05) is 25.4 Å². The van der Waals surface area contributed by atoms with Crippen molar-refractivity contribution in [2.45, 2.75) is 38.2 Å². The molecule has 1 N–H and O–H groups in total. The zero-order valence-corrected chi connectivity index (χ0v) is 17.3. The van der Waals surface area contributed by atoms with Gasteiger partial charge in [0.05, 0.1) is 6.54 Å². The molecule has 146 valence electrons. The number of rotatable bonds is 8. The maximum Gasteiger partial charge on any atom is 0.408 e. The summed E-state index contributed by atoms with van der Waals surface area (Å²) in [7, 11) is 0. The Labute approximate surface area is 166 Å². The topological polar surface area (TPSA) is 58.6 Å². The van der Waals surface area contributed by atoms with E-state index in [1.54, 1.807) is 32.5 Å². The van der Waals surface area contributed by atoms with Crippen LogP contribution in [0, 0.1) is 12.3 Å². The number of carbonyl (C=O) groups excluding carboxylic acids is 2. The second-order valence-corrected chi connectivity index (χ2v) is 8.01. The lowest BCUT2D eigenvalue weighted by atomic mass is 10.2. The second-order valence-electron chi connectivity index (χ2n) is 6.71. The molecule has 0 aliphatic heterocycles. The van der Waals surface area contributed by atoms with E-state index < -0.39 is 11.7 Å². The van der Waals surface area contributed by atoms with Crippen LogP contribution in [-0.2, 0) is 9.53 Å². The molecule has 0 atom stereocenters. The molecule has 27 heavy (non-hydrogen) atoms. The predicted molar refractivity (Wildman–Crippen MR) is 112 cm³/mol. The van der Waals surface area contributed by atoms with E-state index in [0.717, 1.165) is 11.3 Å². The summed E-state index contributed by atoms with van der Waals surface area (Å²) in [5.41, 5.74) is 0.488. The highest BCUT2D eigenvalue weighted by Gasteiger charge is 2.18. The van der Waals surface area contributed by atoms with E-state index in [-0.39, 0.29) is 19.0 Å². The molecule has 0 saturated carbocycles. The standard InChI is InChI=1S/C21H28N2O3S/c1-6-14-23(19(24)16-22-20(25)26-21(3,4)5)15-10-12-17-11-8-9-13-18(17)27-7-2/h1,8-13H,7,14-16H2,2-5H3,(H,22,25)/b12-10+. The molecule has 0 heterocycles. The third-order valence-corrected chi connectivity index (χ3v) is 4.23. The van der Waals surface area contributed by atoms with E-state index in [1.807, 2.05) is 30.4 Å². The number of amides is 2. The number of nitrogens with zero attached hydrogens (tertiary/aromatic N) is 1. The van der Waals surface area contributed by atoms with Crippen LogP contribution in [0.1, 0.15) is 33.3 Å². The largest absolute Gasteiger partial charge is 0.444 e. The second kappa shape index (κ2) is 11.3. The summed E-state index contributed by atoms with van der Waals surface area (Å²) in [6, 6.07) is 8.09. The van der Waals surface area contributed by atoms with Crippen LogP contribution in [0.15, 0.2) is 35.2 Å². The summed E-state index contributed by atoms with van der Waals surface area (Å²) in [5.74, 6) is 3.20. The van der Waals surface area contributed by atoms with Gasteiger partial charge in [0.25, 0.3) is 0 Å². The molecule has 1 aromatic rings. The number of thioether (sulfide) groups is 1. The van der Waals surface area contributed by atoms with Gasteiger partial charge in [0.2, 0.25) is 5.91 Å². The molecule has 0 aliphatic rings. The molecular formula is C21H28N2O3S. The zero-order chi connectivity index (χ0) is 20.3. The first-order chi connectivity index (χ1) is 12.8. The Balaban J connectivity index is 2.64. The minimum absolute atomic E-state index is 0.160. The molecule has 0 aliphatic carbocycles. The lowest BCUT2D eigenvalue weighted by Crippen LogP contribution is -2.42. The minimum atomic E-state index is -0.627. The fourth-order valence-corrected chi connectivity index (χ4v) is 2.94. The van der Waals surface area contributed by atoms with Crippen molar-refractivity contribution in [2.24, 2.45) is 0 Å². The van der Waals surface area contributed by atoms with Gasteiger partial charge in [-0.2, -0.15) is 0 Å². The van der Waals surface area contributed by atoms with Gasteiger partial charge in [-0.3, -0.25) is 4.79 Å². The van der Waals surface area contributed by atoms with Crippen LogP contribution in [0.2, 0.25) is 0 Å². The smallest absolute Gasteiger partial charge is 0.408 e. The number of nitrogens with one attached hydrogen (secondary N) is 1. The third kappa shape index (κ3) is 9.20. The van der Waals surface area contributed by atoms with E-state index in [0.29, 0.717) is 6.54 Å². The number of terminal acetylenes is 1. The Kier molecular flexibility index (Phi) is 9.52. The summed E-state index contributed by atoms with van der Waals surface area (Å²) in [6.45, 7) is 7.77. The molecule has 0 saturated heterocycles. The monoisotopic (exact) mass is 388 g/mol. The lowest BCUT2D eigenvalue weighted by molar-refractivity contribution is -0.129. The molecule has 5 nitrogen and oxygen atoms in total. The fourth-order valence-electron chi connectivity index (χ4n) is 2.15. The highest BCUT2D eigenvalue weighted by atomic mass is 32.2. The summed E-state index contributed by atoms with van der Waals surface area (Å²) < 4.78 is 5.13. The first-order valence-electron chi connectivity index (χ1n) is 8.83. The van der Waals surface area contributed by atoms with Crippen LogP contribution in [0.3, 0.4) is 0 Å². The molecule has 0 spiro atoms. The Bertz CT molecular complexity index is 702. The first-order valence-corrected chi connectivity index (χ1v) is 9.82. The summed E-state index contributed by atoms with van der Waals surface area (Å²) in [6.07, 6.45) is 8.63. The summed E-state index contributed by atoms with van der Waals surface area (Å²) in [4.78, 5) is 26.7. The van der Waals surface area contributed by atoms with Gasteiger partial charge in [0.15, 0.2) is 0 Å². The predicted octanol–water partition coefficient (Wildman–Crippen LogP) is 3.80. The molecule has 0 fully saturated rings. The number of hydrogen-bond acceptors (Lipinski definition) is 4. The number of hydrogen-bond donors (Lipinski definition) is 1. The summed E-state index contributed by atoms with van der Waals surface area (Å²) >= 11 is 1.77. The molecule has 0 bridgehead atoms. The van der Waals surface area contributed by atoms with E-state index in [2.05, 4.69) is 24.2 Å². The van der Waals surface area contributed by atoms with Crippen molar-refractivity contribution in [3.63, 3.8) is 0 Å². The van der Waals surface area contributed by atoms with Crippen molar-refractivity contribution in [1.82, 2.24) is 10.2 Å². The van der Waals surface area contributed by atoms with Crippen molar-refractivity contribution < 1.29 is 14.3 Å². The van der Waals surface area contributed by atoms with Crippen LogP contribution in [0.5, 0.6) is 0 Å². The van der Waals surface area contributed by atoms with Crippen molar-refractivity contribution >= 4 is 29.8 Å². The average Bonchev–Trinajstić information content (AvgIpc) is 2.59. The van der Waals surface area contributed by atoms with Crippen LogP contribution >= 0.6 is 11.8 Å². The highest BCUT2D eigenvalue weighted by molar-refractivity contribution is 7.99. The third-order valence-electron chi connectivity index (χ3n) is 3.26. The van der Waals surface area contributed by atoms with Crippen molar-refractivity contribution in [1.29, 1.82) is 0 Å². The van der Waals surface area contributed by atoms with E-state index in [1.165, 1.54) is 9.80 Å². The average molecular weight is 389 g/mol. The maximum atomic E-state index is 12.3. The number of alkyl carbamates (subject to hydrolysis) is 1. The van der Waals surface area contributed by atoms with Gasteiger partial charge in [-0.25, -0.2) is 4.79 Å². The normalized spacial score (nSPS) is 11.1. The van der Waals surface area contributed by atoms with Gasteiger partial charge in [-0.1, -0.05) is 43.2 Å². The van der Waals surface area contributed by atoms with Crippen molar-refractivity contribution in [3.05, 3.63) is 35.9 Å². The van der Waals surface area contributed by atoms with Gasteiger partial charge in [-0.05, 0) is 38.2 Å². The molecule has 0 aromatic heterocycles. The molecule has 0 unspecified atom stereocenters. The molecule has 6 heteroatoms. The Morgan fingerprint density at radius 1 is 1.33 bits per heavy atom.